The number of Topliss-reactive ketones (excluding diaryl/α,β-unsaturated/α-hetero) is 2. The molecule has 34 heavy (non-hydrogen) atoms. The van der Waals surface area contributed by atoms with Crippen molar-refractivity contribution in [1.29, 1.82) is 5.26 Å². The Morgan fingerprint density at radius 1 is 1.00 bits per heavy atom. The van der Waals surface area contributed by atoms with Crippen molar-refractivity contribution in [3.05, 3.63) is 88.6 Å². The van der Waals surface area contributed by atoms with Crippen molar-refractivity contribution in [3.8, 4) is 6.07 Å². The van der Waals surface area contributed by atoms with E-state index < -0.39 is 35.4 Å². The molecular formula is C25H18F2N4O3. The van der Waals surface area contributed by atoms with E-state index >= 15 is 0 Å². The van der Waals surface area contributed by atoms with Crippen molar-refractivity contribution in [2.45, 2.75) is 25.8 Å². The van der Waals surface area contributed by atoms with E-state index in [9.17, 15) is 23.2 Å². The highest BCUT2D eigenvalue weighted by atomic mass is 19.3. The lowest BCUT2D eigenvalue weighted by Gasteiger charge is -2.26. The minimum atomic E-state index is -3.08. The molecule has 2 unspecified atom stereocenters. The molecular weight excluding hydrogens is 442 g/mol. The normalized spacial score (nSPS) is 18.1. The second kappa shape index (κ2) is 8.56. The fraction of sp³-hybridized carbons (Fsp3) is 0.200. The van der Waals surface area contributed by atoms with Gasteiger partial charge in [0.15, 0.2) is 11.6 Å². The molecule has 1 saturated heterocycles. The van der Waals surface area contributed by atoms with Crippen LogP contribution in [0.4, 0.5) is 14.6 Å². The van der Waals surface area contributed by atoms with Crippen LogP contribution in [0.5, 0.6) is 0 Å². The Kier molecular flexibility index (Phi) is 5.75. The van der Waals surface area contributed by atoms with E-state index in [1.165, 1.54) is 54.6 Å². The summed E-state index contributed by atoms with van der Waals surface area (Å²) in [6, 6.07) is 14.8. The summed E-state index contributed by atoms with van der Waals surface area (Å²) in [4.78, 5) is 40.6. The van der Waals surface area contributed by atoms with Crippen LogP contribution in [-0.4, -0.2) is 27.7 Å². The van der Waals surface area contributed by atoms with Gasteiger partial charge < -0.3 is 0 Å². The summed E-state index contributed by atoms with van der Waals surface area (Å²) >= 11 is 0. The third kappa shape index (κ3) is 4.06. The van der Waals surface area contributed by atoms with Crippen LogP contribution in [0.25, 0.3) is 0 Å². The zero-order valence-corrected chi connectivity index (χ0v) is 18.2. The van der Waals surface area contributed by atoms with Crippen LogP contribution in [0, 0.1) is 24.2 Å². The number of benzene rings is 2. The number of nitrogens with zero attached hydrogens (tertiary/aromatic N) is 4. The molecule has 4 rings (SSSR count). The number of hydrogen-bond donors (Lipinski definition) is 0. The summed E-state index contributed by atoms with van der Waals surface area (Å²) < 4.78 is 27.5. The summed E-state index contributed by atoms with van der Waals surface area (Å²) in [6.07, 6.45) is 0. The van der Waals surface area contributed by atoms with Crippen molar-refractivity contribution >= 4 is 23.3 Å². The molecule has 1 aliphatic heterocycles. The van der Waals surface area contributed by atoms with E-state index in [2.05, 4.69) is 10.2 Å². The van der Waals surface area contributed by atoms with E-state index in [0.717, 1.165) is 11.8 Å². The fourth-order valence-corrected chi connectivity index (χ4v) is 3.90. The smallest absolute Gasteiger partial charge is 0.293 e. The topological polar surface area (TPSA) is 104 Å². The van der Waals surface area contributed by atoms with Crippen molar-refractivity contribution < 1.29 is 23.2 Å². The first kappa shape index (κ1) is 22.9. The molecule has 0 radical (unpaired) electrons. The summed E-state index contributed by atoms with van der Waals surface area (Å²) in [5.74, 6) is -6.96. The third-order valence-electron chi connectivity index (χ3n) is 5.68. The SMILES string of the molecule is Cc1ccc(N2C(=O)C(=O)C(C(=O)c3ccc(C#N)cc3)C2c2ccc(C(C)(F)F)cc2)nn1. The first-order valence-electron chi connectivity index (χ1n) is 10.3. The quantitative estimate of drug-likeness (QED) is 0.325. The van der Waals surface area contributed by atoms with Gasteiger partial charge in [-0.15, -0.1) is 5.10 Å². The van der Waals surface area contributed by atoms with Gasteiger partial charge in [-0.05, 0) is 36.8 Å². The minimum absolute atomic E-state index is 0.0639. The molecule has 0 aliphatic carbocycles. The number of rotatable bonds is 5. The molecule has 2 atom stereocenters. The predicted molar refractivity (Wildman–Crippen MR) is 117 cm³/mol. The predicted octanol–water partition coefficient (Wildman–Crippen LogP) is 3.92. The number of alkyl halides is 2. The Balaban J connectivity index is 1.83. The number of carbonyl (C=O) groups is 3. The highest BCUT2D eigenvalue weighted by Crippen LogP contribution is 2.41. The van der Waals surface area contributed by atoms with Gasteiger partial charge in [0, 0.05) is 18.1 Å². The summed E-state index contributed by atoms with van der Waals surface area (Å²) in [7, 11) is 0. The Hall–Kier alpha value is -4.32. The summed E-state index contributed by atoms with van der Waals surface area (Å²) in [5.41, 5.74) is 1.13. The number of aromatic nitrogens is 2. The molecule has 170 valence electrons. The van der Waals surface area contributed by atoms with Gasteiger partial charge in [-0.25, -0.2) is 8.78 Å². The van der Waals surface area contributed by atoms with Crippen molar-refractivity contribution in [2.24, 2.45) is 5.92 Å². The molecule has 1 aliphatic rings. The zero-order chi connectivity index (χ0) is 24.6. The van der Waals surface area contributed by atoms with Gasteiger partial charge in [0.25, 0.3) is 11.8 Å². The molecule has 7 nitrogen and oxygen atoms in total. The van der Waals surface area contributed by atoms with Crippen LogP contribution >= 0.6 is 0 Å². The van der Waals surface area contributed by atoms with Crippen LogP contribution < -0.4 is 4.90 Å². The number of aryl methyl sites for hydroxylation is 1. The number of nitriles is 1. The Bertz CT molecular complexity index is 1310. The van der Waals surface area contributed by atoms with Gasteiger partial charge in [-0.2, -0.15) is 10.4 Å². The molecule has 0 spiro atoms. The van der Waals surface area contributed by atoms with Crippen LogP contribution in [0.15, 0.2) is 60.7 Å². The molecule has 2 heterocycles. The van der Waals surface area contributed by atoms with Gasteiger partial charge in [-0.1, -0.05) is 36.4 Å². The number of carbonyl (C=O) groups excluding carboxylic acids is 3. The lowest BCUT2D eigenvalue weighted by Crippen LogP contribution is -2.31. The summed E-state index contributed by atoms with van der Waals surface area (Å²) in [5, 5.41) is 16.9. The first-order valence-corrected chi connectivity index (χ1v) is 10.3. The summed E-state index contributed by atoms with van der Waals surface area (Å²) in [6.45, 7) is 2.46. The molecule has 2 aromatic carbocycles. The monoisotopic (exact) mass is 460 g/mol. The van der Waals surface area contributed by atoms with Gasteiger partial charge in [0.2, 0.25) is 5.78 Å². The third-order valence-corrected chi connectivity index (χ3v) is 5.68. The lowest BCUT2D eigenvalue weighted by atomic mass is 9.85. The number of halogens is 2. The average molecular weight is 460 g/mol. The van der Waals surface area contributed by atoms with Crippen molar-refractivity contribution in [3.63, 3.8) is 0 Å². The van der Waals surface area contributed by atoms with E-state index in [4.69, 9.17) is 5.26 Å². The second-order valence-electron chi connectivity index (χ2n) is 8.06. The number of ketones is 2. The van der Waals surface area contributed by atoms with Crippen molar-refractivity contribution in [2.75, 3.05) is 4.90 Å². The maximum Gasteiger partial charge on any atom is 0.297 e. The molecule has 3 aromatic rings. The molecule has 0 saturated carbocycles. The fourth-order valence-electron chi connectivity index (χ4n) is 3.90. The van der Waals surface area contributed by atoms with E-state index in [-0.39, 0.29) is 16.9 Å². The molecule has 1 aromatic heterocycles. The number of amides is 1. The Morgan fingerprint density at radius 2 is 1.65 bits per heavy atom. The first-order chi connectivity index (χ1) is 16.1. The Morgan fingerprint density at radius 3 is 2.18 bits per heavy atom. The van der Waals surface area contributed by atoms with Gasteiger partial charge in [0.05, 0.1) is 23.4 Å². The van der Waals surface area contributed by atoms with Crippen LogP contribution in [-0.2, 0) is 15.5 Å². The molecule has 1 fully saturated rings. The average Bonchev–Trinajstić information content (AvgIpc) is 3.09. The lowest BCUT2D eigenvalue weighted by molar-refractivity contribution is -0.135. The maximum absolute atomic E-state index is 13.7. The number of hydrogen-bond acceptors (Lipinski definition) is 6. The standard InChI is InChI=1S/C25H18F2N4O3/c1-14-3-12-19(30-29-14)31-21(16-8-10-18(11-9-16)25(2,26)27)20(23(33)24(31)34)22(32)17-6-4-15(13-28)5-7-17/h3-12,20-21H,1-2H3. The van der Waals surface area contributed by atoms with Gasteiger partial charge >= 0.3 is 0 Å². The van der Waals surface area contributed by atoms with E-state index in [1.54, 1.807) is 13.0 Å². The maximum atomic E-state index is 13.7. The number of anilines is 1. The van der Waals surface area contributed by atoms with E-state index in [1.807, 2.05) is 6.07 Å². The highest BCUT2D eigenvalue weighted by molar-refractivity contribution is 6.48. The largest absolute Gasteiger partial charge is 0.297 e. The van der Waals surface area contributed by atoms with E-state index in [0.29, 0.717) is 16.8 Å². The van der Waals surface area contributed by atoms with Crippen LogP contribution in [0.1, 0.15) is 45.7 Å². The Labute approximate surface area is 193 Å². The minimum Gasteiger partial charge on any atom is -0.293 e. The van der Waals surface area contributed by atoms with Crippen LogP contribution in [0.2, 0.25) is 0 Å². The van der Waals surface area contributed by atoms with Crippen molar-refractivity contribution in [1.82, 2.24) is 10.2 Å². The molecule has 0 bridgehead atoms. The second-order valence-corrected chi connectivity index (χ2v) is 8.06. The zero-order valence-electron chi connectivity index (χ0n) is 18.2. The van der Waals surface area contributed by atoms with Crippen LogP contribution in [0.3, 0.4) is 0 Å². The highest BCUT2D eigenvalue weighted by Gasteiger charge is 2.53. The molecule has 1 amide bonds. The van der Waals surface area contributed by atoms with Gasteiger partial charge in [-0.3, -0.25) is 19.3 Å². The molecule has 9 heteroatoms. The van der Waals surface area contributed by atoms with Gasteiger partial charge in [0.1, 0.15) is 5.92 Å². The molecule has 0 N–H and O–H groups in total.